The van der Waals surface area contributed by atoms with Crippen LogP contribution in [0.1, 0.15) is 43.4 Å². The van der Waals surface area contributed by atoms with Gasteiger partial charge >= 0.3 is 200 Å². The molecule has 156 valence electrons. The molecule has 0 bridgehead atoms. The quantitative estimate of drug-likeness (QED) is 0.239. The van der Waals surface area contributed by atoms with Crippen LogP contribution in [0.5, 0.6) is 0 Å². The molecule has 2 aliphatic rings. The van der Waals surface area contributed by atoms with Crippen LogP contribution >= 0.6 is 0 Å². The third kappa shape index (κ3) is 3.03. The molecule has 0 spiro atoms. The maximum atomic E-state index is 2.61. The van der Waals surface area contributed by atoms with Crippen LogP contribution in [0.3, 0.4) is 0 Å². The molecular formula is C30H28SiZr. The minimum absolute atomic E-state index is 0.378. The van der Waals surface area contributed by atoms with Gasteiger partial charge in [-0.1, -0.05) is 0 Å². The van der Waals surface area contributed by atoms with Gasteiger partial charge in [0.15, 0.2) is 0 Å². The van der Waals surface area contributed by atoms with Crippen LogP contribution in [-0.4, -0.2) is 5.43 Å². The predicted octanol–water partition coefficient (Wildman–Crippen LogP) is 8.48. The van der Waals surface area contributed by atoms with E-state index in [1.807, 2.05) is 0 Å². The summed E-state index contributed by atoms with van der Waals surface area (Å²) in [5, 5.41) is 5.60. The predicted molar refractivity (Wildman–Crippen MR) is 138 cm³/mol. The van der Waals surface area contributed by atoms with E-state index in [0.29, 0.717) is 7.25 Å². The Kier molecular flexibility index (Phi) is 5.01. The molecular weight excluding hydrogens is 480 g/mol. The first-order chi connectivity index (χ1) is 15.5. The fourth-order valence-electron chi connectivity index (χ4n) is 6.13. The Morgan fingerprint density at radius 2 is 1.03 bits per heavy atom. The van der Waals surface area contributed by atoms with E-state index in [1.54, 1.807) is 22.3 Å². The third-order valence-corrected chi connectivity index (χ3v) is 27.4. The number of allylic oxidation sites excluding steroid dienone is 2. The molecule has 0 aliphatic heterocycles. The fraction of sp³-hybridized carbons (Fsp3) is 0.200. The summed E-state index contributed by atoms with van der Waals surface area (Å²) >= 11 is -1.96. The van der Waals surface area contributed by atoms with E-state index in [4.69, 9.17) is 0 Å². The summed E-state index contributed by atoms with van der Waals surface area (Å²) in [5.41, 5.74) is 9.14. The van der Waals surface area contributed by atoms with E-state index in [2.05, 4.69) is 112 Å². The zero-order valence-electron chi connectivity index (χ0n) is 19.2. The molecule has 0 fully saturated rings. The summed E-state index contributed by atoms with van der Waals surface area (Å²) in [6.45, 7) is 10.1. The average Bonchev–Trinajstić information content (AvgIpc) is 3.31. The molecule has 0 saturated carbocycles. The number of fused-ring (bicyclic) bond motifs is 6. The van der Waals surface area contributed by atoms with Crippen LogP contribution in [0.4, 0.5) is 0 Å². The first-order valence-electron chi connectivity index (χ1n) is 11.6. The molecule has 0 saturated heterocycles. The second-order valence-electron chi connectivity index (χ2n) is 9.68. The van der Waals surface area contributed by atoms with Crippen molar-refractivity contribution in [3.05, 3.63) is 106 Å². The first kappa shape index (κ1) is 20.6. The normalized spacial score (nSPS) is 19.0. The van der Waals surface area contributed by atoms with E-state index in [-0.39, 0.29) is 5.43 Å². The molecule has 0 nitrogen and oxygen atoms in total. The number of rotatable bonds is 2. The molecule has 0 radical (unpaired) electrons. The molecule has 2 atom stereocenters. The van der Waals surface area contributed by atoms with E-state index in [1.165, 1.54) is 32.7 Å². The summed E-state index contributed by atoms with van der Waals surface area (Å²) in [6.07, 6.45) is 5.06. The molecule has 4 aromatic rings. The number of hydrogen-bond acceptors (Lipinski definition) is 0. The van der Waals surface area contributed by atoms with Gasteiger partial charge in [-0.05, 0) is 0 Å². The summed E-state index contributed by atoms with van der Waals surface area (Å²) in [6, 6.07) is 27.5. The molecule has 2 heteroatoms. The zero-order valence-corrected chi connectivity index (χ0v) is 22.7. The van der Waals surface area contributed by atoms with Crippen molar-refractivity contribution in [1.29, 1.82) is 0 Å². The second-order valence-corrected chi connectivity index (χ2v) is 27.5. The van der Waals surface area contributed by atoms with Crippen LogP contribution in [0.15, 0.2) is 83.9 Å². The van der Waals surface area contributed by atoms with Gasteiger partial charge in [0.2, 0.25) is 0 Å². The molecule has 0 aromatic heterocycles. The van der Waals surface area contributed by atoms with Crippen LogP contribution in [0.25, 0.3) is 33.7 Å². The van der Waals surface area contributed by atoms with Crippen LogP contribution in [0.2, 0.25) is 13.1 Å². The Morgan fingerprint density at radius 3 is 1.47 bits per heavy atom. The van der Waals surface area contributed by atoms with Crippen molar-refractivity contribution in [2.45, 2.75) is 34.2 Å². The zero-order chi connectivity index (χ0) is 22.0. The van der Waals surface area contributed by atoms with Crippen LogP contribution < -0.4 is 0 Å². The van der Waals surface area contributed by atoms with Gasteiger partial charge in [-0.25, -0.2) is 0 Å². The minimum atomic E-state index is -1.96. The van der Waals surface area contributed by atoms with Crippen molar-refractivity contribution in [3.63, 3.8) is 0 Å². The Balaban J connectivity index is 1.56. The van der Waals surface area contributed by atoms with Gasteiger partial charge in [-0.2, -0.15) is 0 Å². The van der Waals surface area contributed by atoms with Crippen LogP contribution in [0, 0.1) is 0 Å². The maximum absolute atomic E-state index is 2.61. The third-order valence-electron chi connectivity index (χ3n) is 7.48. The van der Waals surface area contributed by atoms with Gasteiger partial charge in [0, 0.05) is 0 Å². The first-order valence-corrected chi connectivity index (χ1v) is 20.6. The molecule has 0 amide bonds. The summed E-state index contributed by atoms with van der Waals surface area (Å²) in [7, 11) is 0. The SMILES string of the molecule is CC1=Cc2c(ccc3ccccc23)[CH]1[Zr]([CH]1C(C)=Cc2c1ccc1ccccc21)=[Si](C)C. The number of hydrogen-bond donors (Lipinski definition) is 0. The summed E-state index contributed by atoms with van der Waals surface area (Å²) < 4.78 is 1.40. The van der Waals surface area contributed by atoms with Gasteiger partial charge in [-0.15, -0.1) is 0 Å². The standard InChI is InChI=1S/2C14H11.C2H6Si.Zr/c2*1-10-8-12-7-6-11-4-2-3-5-13(11)14(12)9-10;1-3-2;/h2*2-9H,1H3;1-2H3;. The van der Waals surface area contributed by atoms with Gasteiger partial charge in [0.05, 0.1) is 0 Å². The molecule has 2 aliphatic carbocycles. The summed E-state index contributed by atoms with van der Waals surface area (Å²) in [4.78, 5) is 0. The second kappa shape index (κ2) is 7.79. The van der Waals surface area contributed by atoms with Crippen molar-refractivity contribution in [2.75, 3.05) is 0 Å². The molecule has 4 aromatic carbocycles. The monoisotopic (exact) mass is 506 g/mol. The topological polar surface area (TPSA) is 0 Å². The average molecular weight is 508 g/mol. The Morgan fingerprint density at radius 1 is 0.594 bits per heavy atom. The van der Waals surface area contributed by atoms with E-state index in [9.17, 15) is 0 Å². The number of benzene rings is 4. The van der Waals surface area contributed by atoms with E-state index < -0.39 is 20.4 Å². The van der Waals surface area contributed by atoms with Gasteiger partial charge in [0.25, 0.3) is 0 Å². The van der Waals surface area contributed by atoms with E-state index >= 15 is 0 Å². The molecule has 0 heterocycles. The fourth-order valence-corrected chi connectivity index (χ4v) is 26.9. The Hall–Kier alpha value is -2.02. The molecule has 0 N–H and O–H groups in total. The molecule has 2 unspecified atom stereocenters. The van der Waals surface area contributed by atoms with Crippen molar-refractivity contribution < 1.29 is 20.4 Å². The molecule has 32 heavy (non-hydrogen) atoms. The van der Waals surface area contributed by atoms with E-state index in [0.717, 1.165) is 0 Å². The summed E-state index contributed by atoms with van der Waals surface area (Å²) in [5.74, 6) is 0. The van der Waals surface area contributed by atoms with Crippen molar-refractivity contribution in [3.8, 4) is 0 Å². The van der Waals surface area contributed by atoms with Crippen LogP contribution in [-0.2, 0) is 20.4 Å². The molecule has 6 rings (SSSR count). The Labute approximate surface area is 198 Å². The Bertz CT molecular complexity index is 1410. The van der Waals surface area contributed by atoms with Gasteiger partial charge in [-0.3, -0.25) is 0 Å². The van der Waals surface area contributed by atoms with Gasteiger partial charge in [0.1, 0.15) is 0 Å². The van der Waals surface area contributed by atoms with Crippen molar-refractivity contribution >= 4 is 39.1 Å². The van der Waals surface area contributed by atoms with Crippen molar-refractivity contribution in [2.24, 2.45) is 0 Å². The van der Waals surface area contributed by atoms with Gasteiger partial charge < -0.3 is 0 Å². The van der Waals surface area contributed by atoms with Crippen molar-refractivity contribution in [1.82, 2.24) is 0 Å².